The van der Waals surface area contributed by atoms with Crippen molar-refractivity contribution in [3.8, 4) is 5.75 Å². The lowest BCUT2D eigenvalue weighted by Gasteiger charge is -2.32. The fraction of sp³-hybridized carbons (Fsp3) is 0.462. The number of nitrogen functional groups attached to an aromatic ring is 1. The minimum atomic E-state index is -0.201. The molecular weight excluding hydrogens is 473 g/mol. The number of hydrogen-bond donors (Lipinski definition) is 2. The highest BCUT2D eigenvalue weighted by Crippen LogP contribution is 2.29. The first-order valence-corrected chi connectivity index (χ1v) is 12.6. The average Bonchev–Trinajstić information content (AvgIpc) is 2.84. The molecule has 0 aliphatic carbocycles. The highest BCUT2D eigenvalue weighted by Gasteiger charge is 2.21. The first-order valence-electron chi connectivity index (χ1n) is 11.8. The number of rotatable bonds is 11. The van der Waals surface area contributed by atoms with E-state index >= 15 is 0 Å². The largest absolute Gasteiger partial charge is 0.496 e. The van der Waals surface area contributed by atoms with Crippen LogP contribution in [0.25, 0.3) is 0 Å². The Hall–Kier alpha value is -2.28. The highest BCUT2D eigenvalue weighted by molar-refractivity contribution is 6.34. The molecule has 1 saturated heterocycles. The second-order valence-electron chi connectivity index (χ2n) is 8.78. The third-order valence-electron chi connectivity index (χ3n) is 6.37. The predicted molar refractivity (Wildman–Crippen MR) is 138 cm³/mol. The molecule has 0 bridgehead atoms. The number of likely N-dealkylation sites (tertiary alicyclic amines) is 1. The van der Waals surface area contributed by atoms with Gasteiger partial charge in [0.15, 0.2) is 5.78 Å². The summed E-state index contributed by atoms with van der Waals surface area (Å²) in [5.74, 6) is 0.784. The lowest BCUT2D eigenvalue weighted by Crippen LogP contribution is -2.39. The number of nitrogens with one attached hydrogen (secondary N) is 1. The Bertz CT molecular complexity index is 991. The number of halogens is 2. The first kappa shape index (κ1) is 26.3. The molecule has 6 nitrogen and oxygen atoms in total. The van der Waals surface area contributed by atoms with Gasteiger partial charge in [-0.15, -0.1) is 0 Å². The highest BCUT2D eigenvalue weighted by atomic mass is 35.5. The number of piperidine rings is 1. The lowest BCUT2D eigenvalue weighted by molar-refractivity contribution is 0.0932. The van der Waals surface area contributed by atoms with E-state index in [2.05, 4.69) is 10.2 Å². The number of Topliss-reactive ketones (excluding diaryl/α,β-unsaturated/α-hetero) is 1. The van der Waals surface area contributed by atoms with Gasteiger partial charge in [-0.3, -0.25) is 9.59 Å². The zero-order valence-corrected chi connectivity index (χ0v) is 21.1. The van der Waals surface area contributed by atoms with Crippen LogP contribution in [0.2, 0.25) is 10.0 Å². The molecule has 0 atom stereocenters. The first-order chi connectivity index (χ1) is 16.4. The van der Waals surface area contributed by atoms with Crippen LogP contribution in [0.3, 0.4) is 0 Å². The van der Waals surface area contributed by atoms with Crippen LogP contribution in [0.5, 0.6) is 5.75 Å². The van der Waals surface area contributed by atoms with Gasteiger partial charge in [-0.25, -0.2) is 0 Å². The molecule has 0 radical (unpaired) electrons. The summed E-state index contributed by atoms with van der Waals surface area (Å²) in [6.45, 7) is 3.72. The van der Waals surface area contributed by atoms with Gasteiger partial charge < -0.3 is 20.7 Å². The van der Waals surface area contributed by atoms with E-state index in [4.69, 9.17) is 33.7 Å². The number of anilines is 1. The van der Waals surface area contributed by atoms with E-state index in [1.807, 2.05) is 12.1 Å². The van der Waals surface area contributed by atoms with Crippen LogP contribution in [0.1, 0.15) is 59.2 Å². The number of carbonyl (C=O) groups is 2. The molecule has 8 heteroatoms. The number of benzene rings is 2. The van der Waals surface area contributed by atoms with E-state index < -0.39 is 0 Å². The minimum Gasteiger partial charge on any atom is -0.496 e. The summed E-state index contributed by atoms with van der Waals surface area (Å²) in [4.78, 5) is 27.4. The van der Waals surface area contributed by atoms with Crippen LogP contribution in [-0.4, -0.2) is 49.9 Å². The quantitative estimate of drug-likeness (QED) is 0.240. The van der Waals surface area contributed by atoms with Gasteiger partial charge in [-0.05, 0) is 69.4 Å². The Labute approximate surface area is 211 Å². The number of hydrogen-bond acceptors (Lipinski definition) is 5. The van der Waals surface area contributed by atoms with Crippen molar-refractivity contribution in [1.82, 2.24) is 10.2 Å². The van der Waals surface area contributed by atoms with E-state index in [0.717, 1.165) is 51.7 Å². The van der Waals surface area contributed by atoms with Crippen molar-refractivity contribution in [3.63, 3.8) is 0 Å². The molecule has 34 heavy (non-hydrogen) atoms. The molecule has 0 aromatic heterocycles. The molecular formula is C26H33Cl2N3O3. The fourth-order valence-corrected chi connectivity index (χ4v) is 4.69. The third-order valence-corrected chi connectivity index (χ3v) is 7.03. The summed E-state index contributed by atoms with van der Waals surface area (Å²) in [5.41, 5.74) is 7.20. The summed E-state index contributed by atoms with van der Waals surface area (Å²) < 4.78 is 5.27. The standard InChI is InChI=1S/C26H33Cl2N3O3/c1-34-25-16-23(29)22(28)15-20(25)26(33)30-17-18-10-13-31(14-11-18)12-6-2-3-9-24(32)19-7-4-5-8-21(19)27/h4-5,7-8,15-16,18H,2-3,6,9-14,17,29H2,1H3,(H,30,33). The summed E-state index contributed by atoms with van der Waals surface area (Å²) in [6, 6.07) is 10.4. The Morgan fingerprint density at radius 3 is 2.50 bits per heavy atom. The Balaban J connectivity index is 1.31. The van der Waals surface area contributed by atoms with Gasteiger partial charge in [0.2, 0.25) is 0 Å². The van der Waals surface area contributed by atoms with Crippen LogP contribution < -0.4 is 15.8 Å². The molecule has 184 valence electrons. The Kier molecular flexibility index (Phi) is 10.1. The monoisotopic (exact) mass is 505 g/mol. The lowest BCUT2D eigenvalue weighted by atomic mass is 9.96. The van der Waals surface area contributed by atoms with Gasteiger partial charge in [0, 0.05) is 24.6 Å². The van der Waals surface area contributed by atoms with Gasteiger partial charge in [-0.2, -0.15) is 0 Å². The average molecular weight is 506 g/mol. The zero-order chi connectivity index (χ0) is 24.5. The summed E-state index contributed by atoms with van der Waals surface area (Å²) in [7, 11) is 1.51. The molecule has 3 rings (SSSR count). The van der Waals surface area contributed by atoms with Gasteiger partial charge in [0.25, 0.3) is 5.91 Å². The molecule has 0 unspecified atom stereocenters. The van der Waals surface area contributed by atoms with Gasteiger partial charge in [-0.1, -0.05) is 41.8 Å². The van der Waals surface area contributed by atoms with E-state index in [1.165, 1.54) is 7.11 Å². The Morgan fingerprint density at radius 1 is 1.06 bits per heavy atom. The van der Waals surface area contributed by atoms with E-state index in [0.29, 0.717) is 51.5 Å². The molecule has 0 spiro atoms. The second-order valence-corrected chi connectivity index (χ2v) is 9.60. The maximum atomic E-state index is 12.6. The summed E-state index contributed by atoms with van der Waals surface area (Å²) in [5, 5.41) is 3.89. The van der Waals surface area contributed by atoms with Crippen LogP contribution >= 0.6 is 23.2 Å². The van der Waals surface area contributed by atoms with E-state index in [1.54, 1.807) is 24.3 Å². The molecule has 3 N–H and O–H groups in total. The molecule has 1 amide bonds. The fourth-order valence-electron chi connectivity index (χ4n) is 4.28. The van der Waals surface area contributed by atoms with Crippen molar-refractivity contribution in [3.05, 3.63) is 57.6 Å². The topological polar surface area (TPSA) is 84.7 Å². The second kappa shape index (κ2) is 13.0. The maximum absolute atomic E-state index is 12.6. The molecule has 1 heterocycles. The number of nitrogens with zero attached hydrogens (tertiary/aromatic N) is 1. The number of amides is 1. The van der Waals surface area contributed by atoms with Crippen LogP contribution in [0, 0.1) is 5.92 Å². The maximum Gasteiger partial charge on any atom is 0.255 e. The van der Waals surface area contributed by atoms with E-state index in [9.17, 15) is 9.59 Å². The minimum absolute atomic E-state index is 0.118. The number of ketones is 1. The molecule has 1 aliphatic rings. The SMILES string of the molecule is COc1cc(N)c(Cl)cc1C(=O)NCC1CCN(CCCCCC(=O)c2ccccc2Cl)CC1. The van der Waals surface area contributed by atoms with Crippen molar-refractivity contribution in [2.45, 2.75) is 38.5 Å². The van der Waals surface area contributed by atoms with Crippen molar-refractivity contribution in [2.24, 2.45) is 5.92 Å². The normalized spacial score (nSPS) is 14.7. The zero-order valence-electron chi connectivity index (χ0n) is 19.6. The summed E-state index contributed by atoms with van der Waals surface area (Å²) in [6.07, 6.45) is 5.61. The van der Waals surface area contributed by atoms with Gasteiger partial charge in [0.05, 0.1) is 28.4 Å². The number of methoxy groups -OCH3 is 1. The van der Waals surface area contributed by atoms with Gasteiger partial charge >= 0.3 is 0 Å². The molecule has 2 aromatic rings. The Morgan fingerprint density at radius 2 is 1.79 bits per heavy atom. The van der Waals surface area contributed by atoms with Crippen molar-refractivity contribution in [2.75, 3.05) is 39.0 Å². The molecule has 1 aliphatic heterocycles. The third kappa shape index (κ3) is 7.36. The van der Waals surface area contributed by atoms with E-state index in [-0.39, 0.29) is 11.7 Å². The van der Waals surface area contributed by atoms with Crippen molar-refractivity contribution in [1.29, 1.82) is 0 Å². The molecule has 0 saturated carbocycles. The van der Waals surface area contributed by atoms with Crippen molar-refractivity contribution < 1.29 is 14.3 Å². The van der Waals surface area contributed by atoms with Gasteiger partial charge in [0.1, 0.15) is 5.75 Å². The van der Waals surface area contributed by atoms with Crippen LogP contribution in [-0.2, 0) is 0 Å². The predicted octanol–water partition coefficient (Wildman–Crippen LogP) is 5.47. The number of nitrogens with two attached hydrogens (primary N) is 1. The molecule has 1 fully saturated rings. The summed E-state index contributed by atoms with van der Waals surface area (Å²) >= 11 is 12.2. The number of ether oxygens (including phenoxy) is 1. The number of carbonyl (C=O) groups excluding carboxylic acids is 2. The smallest absolute Gasteiger partial charge is 0.255 e. The number of unbranched alkanes of at least 4 members (excludes halogenated alkanes) is 2. The van der Waals surface area contributed by atoms with Crippen LogP contribution in [0.15, 0.2) is 36.4 Å². The van der Waals surface area contributed by atoms with Crippen LogP contribution in [0.4, 0.5) is 5.69 Å². The van der Waals surface area contributed by atoms with Crippen molar-refractivity contribution >= 4 is 40.6 Å². The molecule has 2 aromatic carbocycles.